The highest BCUT2D eigenvalue weighted by Crippen LogP contribution is 2.65. The van der Waals surface area contributed by atoms with Crippen molar-refractivity contribution in [3.63, 3.8) is 0 Å². The first kappa shape index (κ1) is 24.1. The molecule has 8 aliphatic rings. The third-order valence-corrected chi connectivity index (χ3v) is 12.0. The van der Waals surface area contributed by atoms with Crippen LogP contribution in [0.15, 0.2) is 24.3 Å². The molecule has 8 fully saturated rings. The molecule has 8 saturated carbocycles. The maximum atomic E-state index is 9.70. The van der Waals surface area contributed by atoms with E-state index in [-0.39, 0.29) is 24.0 Å². The summed E-state index contributed by atoms with van der Waals surface area (Å²) in [5, 5.41) is 21.9. The van der Waals surface area contributed by atoms with E-state index < -0.39 is 0 Å². The van der Waals surface area contributed by atoms with Crippen LogP contribution in [0.4, 0.5) is 0 Å². The molecule has 38 heavy (non-hydrogen) atoms. The zero-order valence-corrected chi connectivity index (χ0v) is 22.8. The van der Waals surface area contributed by atoms with Gasteiger partial charge in [0.1, 0.15) is 24.7 Å². The minimum absolute atomic E-state index is 0.0195. The number of aliphatic hydroxyl groups is 2. The lowest BCUT2D eigenvalue weighted by atomic mass is 9.47. The van der Waals surface area contributed by atoms with Crippen molar-refractivity contribution in [2.24, 2.45) is 35.5 Å². The fourth-order valence-corrected chi connectivity index (χ4v) is 11.7. The maximum absolute atomic E-state index is 9.70. The summed E-state index contributed by atoms with van der Waals surface area (Å²) < 4.78 is 12.7. The molecule has 0 aliphatic heterocycles. The Morgan fingerprint density at radius 3 is 1.13 bits per heavy atom. The van der Waals surface area contributed by atoms with Crippen molar-refractivity contribution in [3.8, 4) is 11.5 Å². The van der Waals surface area contributed by atoms with Gasteiger partial charge in [-0.05, 0) is 147 Å². The zero-order chi connectivity index (χ0) is 25.5. The highest BCUT2D eigenvalue weighted by Gasteiger charge is 2.54. The summed E-state index contributed by atoms with van der Waals surface area (Å²) in [5.41, 5.74) is 3.45. The topological polar surface area (TPSA) is 58.9 Å². The van der Waals surface area contributed by atoms with E-state index in [1.165, 1.54) is 98.9 Å². The van der Waals surface area contributed by atoms with Crippen LogP contribution in [-0.4, -0.2) is 36.6 Å². The van der Waals surface area contributed by atoms with Crippen LogP contribution in [0.25, 0.3) is 10.8 Å². The molecule has 0 saturated heterocycles. The second kappa shape index (κ2) is 8.86. The summed E-state index contributed by atoms with van der Waals surface area (Å²) in [5.74, 6) is 7.06. The van der Waals surface area contributed by atoms with Gasteiger partial charge in [-0.1, -0.05) is 12.1 Å². The second-order valence-corrected chi connectivity index (χ2v) is 14.5. The van der Waals surface area contributed by atoms with Gasteiger partial charge in [0.25, 0.3) is 0 Å². The summed E-state index contributed by atoms with van der Waals surface area (Å²) in [6.07, 6.45) is 16.5. The molecule has 0 aromatic heterocycles. The Bertz CT molecular complexity index is 1060. The molecule has 0 heterocycles. The first-order chi connectivity index (χ1) is 18.6. The van der Waals surface area contributed by atoms with E-state index in [1.54, 1.807) is 0 Å². The quantitative estimate of drug-likeness (QED) is 0.420. The van der Waals surface area contributed by atoms with Gasteiger partial charge in [-0.25, -0.2) is 0 Å². The van der Waals surface area contributed by atoms with Crippen molar-refractivity contribution in [1.29, 1.82) is 0 Å². The average Bonchev–Trinajstić information content (AvgIpc) is 2.88. The number of hydrogen-bond acceptors (Lipinski definition) is 4. The lowest BCUT2D eigenvalue weighted by molar-refractivity contribution is -0.00533. The SMILES string of the molecule is OCCOc1ccc(C23CC4CC(CC(C4)C2)C3)c2c(OCCO)ccc(C34CC5CC(CC(C5)C3)C4)c12. The van der Waals surface area contributed by atoms with Crippen molar-refractivity contribution in [2.75, 3.05) is 26.4 Å². The molecule has 2 N–H and O–H groups in total. The van der Waals surface area contributed by atoms with Crippen LogP contribution in [0.3, 0.4) is 0 Å². The third-order valence-electron chi connectivity index (χ3n) is 12.0. The summed E-state index contributed by atoms with van der Waals surface area (Å²) in [4.78, 5) is 0. The molecular formula is C34H44O4. The van der Waals surface area contributed by atoms with Crippen molar-refractivity contribution in [2.45, 2.75) is 87.9 Å². The van der Waals surface area contributed by atoms with E-state index in [4.69, 9.17) is 9.47 Å². The van der Waals surface area contributed by atoms with E-state index in [9.17, 15) is 10.2 Å². The van der Waals surface area contributed by atoms with E-state index in [1.807, 2.05) is 0 Å². The highest BCUT2D eigenvalue weighted by molar-refractivity contribution is 6.00. The first-order valence-corrected chi connectivity index (χ1v) is 15.7. The van der Waals surface area contributed by atoms with Crippen LogP contribution in [0.5, 0.6) is 11.5 Å². The van der Waals surface area contributed by atoms with Crippen LogP contribution >= 0.6 is 0 Å². The molecule has 0 radical (unpaired) electrons. The molecule has 4 heteroatoms. The molecule has 2 aromatic carbocycles. The third kappa shape index (κ3) is 3.61. The highest BCUT2D eigenvalue weighted by atomic mass is 16.5. The van der Waals surface area contributed by atoms with Crippen molar-refractivity contribution in [3.05, 3.63) is 35.4 Å². The van der Waals surface area contributed by atoms with Crippen LogP contribution in [0.1, 0.15) is 88.2 Å². The Labute approximate surface area is 227 Å². The molecule has 0 spiro atoms. The van der Waals surface area contributed by atoms with Crippen LogP contribution < -0.4 is 9.47 Å². The molecule has 4 nitrogen and oxygen atoms in total. The Hall–Kier alpha value is -1.78. The van der Waals surface area contributed by atoms with Gasteiger partial charge in [-0.15, -0.1) is 0 Å². The molecule has 8 aliphatic carbocycles. The van der Waals surface area contributed by atoms with Gasteiger partial charge in [0.05, 0.1) is 13.2 Å². The predicted octanol–water partition coefficient (Wildman–Crippen LogP) is 6.52. The normalized spacial score (nSPS) is 40.3. The van der Waals surface area contributed by atoms with Crippen LogP contribution in [0.2, 0.25) is 0 Å². The van der Waals surface area contributed by atoms with Crippen LogP contribution in [-0.2, 0) is 10.8 Å². The van der Waals surface area contributed by atoms with Gasteiger partial charge in [0, 0.05) is 10.8 Å². The lowest BCUT2D eigenvalue weighted by Crippen LogP contribution is -2.49. The van der Waals surface area contributed by atoms with E-state index in [2.05, 4.69) is 24.3 Å². The number of hydrogen-bond donors (Lipinski definition) is 2. The van der Waals surface area contributed by atoms with Gasteiger partial charge < -0.3 is 19.7 Å². The van der Waals surface area contributed by atoms with E-state index >= 15 is 0 Å². The average molecular weight is 517 g/mol. The van der Waals surface area contributed by atoms with E-state index in [0.29, 0.717) is 13.2 Å². The second-order valence-electron chi connectivity index (χ2n) is 14.5. The number of rotatable bonds is 8. The first-order valence-electron chi connectivity index (χ1n) is 15.7. The van der Waals surface area contributed by atoms with Crippen molar-refractivity contribution >= 4 is 10.8 Å². The largest absolute Gasteiger partial charge is 0.491 e. The lowest BCUT2D eigenvalue weighted by Gasteiger charge is -2.58. The van der Waals surface area contributed by atoms with Gasteiger partial charge >= 0.3 is 0 Å². The van der Waals surface area contributed by atoms with Crippen LogP contribution in [0, 0.1) is 35.5 Å². The fraction of sp³-hybridized carbons (Fsp3) is 0.706. The standard InChI is InChI=1S/C34H44O4/c35-5-7-37-29-3-1-27(33-15-21-9-22(16-33)11-23(10-21)17-33)31-30(38-8-6-36)4-2-28(32(29)31)34-18-24-12-25(19-34)14-26(13-24)20-34/h1-4,21-26,35-36H,5-20H2. The molecule has 204 valence electrons. The fourth-order valence-electron chi connectivity index (χ4n) is 11.7. The summed E-state index contributed by atoms with van der Waals surface area (Å²) in [6.45, 7) is 0.666. The summed E-state index contributed by atoms with van der Waals surface area (Å²) in [7, 11) is 0. The summed E-state index contributed by atoms with van der Waals surface area (Å²) in [6, 6.07) is 9.23. The molecule has 0 atom stereocenters. The Morgan fingerprint density at radius 2 is 0.842 bits per heavy atom. The predicted molar refractivity (Wildman–Crippen MR) is 149 cm³/mol. The number of aliphatic hydroxyl groups excluding tert-OH is 2. The molecule has 0 unspecified atom stereocenters. The zero-order valence-electron chi connectivity index (χ0n) is 22.8. The Balaban J connectivity index is 1.36. The minimum Gasteiger partial charge on any atom is -0.491 e. The Morgan fingerprint density at radius 1 is 0.526 bits per heavy atom. The van der Waals surface area contributed by atoms with E-state index in [0.717, 1.165) is 47.0 Å². The number of fused-ring (bicyclic) bond motifs is 1. The van der Waals surface area contributed by atoms with Crippen molar-refractivity contribution in [1.82, 2.24) is 0 Å². The van der Waals surface area contributed by atoms with Gasteiger partial charge in [-0.2, -0.15) is 0 Å². The molecule has 8 bridgehead atoms. The minimum atomic E-state index is 0.0195. The number of ether oxygens (including phenoxy) is 2. The van der Waals surface area contributed by atoms with Gasteiger partial charge in [-0.3, -0.25) is 0 Å². The molecular weight excluding hydrogens is 472 g/mol. The molecule has 10 rings (SSSR count). The van der Waals surface area contributed by atoms with Gasteiger partial charge in [0.15, 0.2) is 0 Å². The smallest absolute Gasteiger partial charge is 0.127 e. The maximum Gasteiger partial charge on any atom is 0.127 e. The Kier molecular flexibility index (Phi) is 5.61. The van der Waals surface area contributed by atoms with Crippen molar-refractivity contribution < 1.29 is 19.7 Å². The summed E-state index contributed by atoms with van der Waals surface area (Å²) >= 11 is 0. The monoisotopic (exact) mass is 516 g/mol. The molecule has 0 amide bonds. The number of benzene rings is 2. The van der Waals surface area contributed by atoms with Gasteiger partial charge in [0.2, 0.25) is 0 Å². The molecule has 2 aromatic rings.